The van der Waals surface area contributed by atoms with Crippen molar-refractivity contribution in [1.82, 2.24) is 20.0 Å². The first-order valence-corrected chi connectivity index (χ1v) is 10.4. The lowest BCUT2D eigenvalue weighted by atomic mass is 10.1. The van der Waals surface area contributed by atoms with Crippen LogP contribution >= 0.6 is 0 Å². The van der Waals surface area contributed by atoms with Gasteiger partial charge in [0.05, 0.1) is 12.3 Å². The molecule has 1 unspecified atom stereocenters. The number of aromatic amines is 1. The monoisotopic (exact) mass is 386 g/mol. The van der Waals surface area contributed by atoms with Gasteiger partial charge in [-0.15, -0.1) is 0 Å². The lowest BCUT2D eigenvalue weighted by molar-refractivity contribution is 0.0494. The van der Waals surface area contributed by atoms with E-state index in [1.54, 1.807) is 0 Å². The minimum absolute atomic E-state index is 0.222. The molecule has 0 saturated carbocycles. The first-order chi connectivity index (χ1) is 13.6. The second-order valence-corrected chi connectivity index (χ2v) is 7.92. The van der Waals surface area contributed by atoms with Crippen LogP contribution in [0, 0.1) is 0 Å². The number of aliphatic hydroxyl groups is 1. The molecule has 2 aromatic rings. The fourth-order valence-corrected chi connectivity index (χ4v) is 3.82. The molecule has 6 nitrogen and oxygen atoms in total. The third-order valence-corrected chi connectivity index (χ3v) is 5.41. The van der Waals surface area contributed by atoms with Crippen molar-refractivity contribution in [2.45, 2.75) is 52.2 Å². The maximum Gasteiger partial charge on any atom is 0.119 e. The van der Waals surface area contributed by atoms with Crippen LogP contribution in [0.25, 0.3) is 0 Å². The van der Waals surface area contributed by atoms with Crippen LogP contribution in [0.5, 0.6) is 5.75 Å². The fourth-order valence-electron chi connectivity index (χ4n) is 3.82. The van der Waals surface area contributed by atoms with Crippen molar-refractivity contribution >= 4 is 0 Å². The average molecular weight is 387 g/mol. The van der Waals surface area contributed by atoms with Gasteiger partial charge < -0.3 is 9.84 Å². The molecule has 6 heteroatoms. The summed E-state index contributed by atoms with van der Waals surface area (Å²) < 4.78 is 5.54. The largest absolute Gasteiger partial charge is 0.494 e. The molecule has 0 amide bonds. The topological polar surface area (TPSA) is 64.6 Å². The van der Waals surface area contributed by atoms with Crippen molar-refractivity contribution in [3.05, 3.63) is 47.3 Å². The summed E-state index contributed by atoms with van der Waals surface area (Å²) in [4.78, 5) is 4.96. The number of rotatable bonds is 9. The normalized spacial score (nSPS) is 18.7. The number of benzene rings is 1. The zero-order valence-electron chi connectivity index (χ0n) is 17.4. The van der Waals surface area contributed by atoms with E-state index in [9.17, 15) is 5.11 Å². The van der Waals surface area contributed by atoms with Gasteiger partial charge >= 0.3 is 0 Å². The first-order valence-electron chi connectivity index (χ1n) is 10.4. The Morgan fingerprint density at radius 3 is 2.64 bits per heavy atom. The van der Waals surface area contributed by atoms with Crippen LogP contribution in [0.15, 0.2) is 30.3 Å². The highest BCUT2D eigenvalue weighted by Crippen LogP contribution is 2.20. The van der Waals surface area contributed by atoms with Gasteiger partial charge in [-0.1, -0.05) is 26.0 Å². The number of hydrogen-bond donors (Lipinski definition) is 2. The Labute approximate surface area is 168 Å². The van der Waals surface area contributed by atoms with Crippen LogP contribution in [0.3, 0.4) is 0 Å². The molecule has 2 heterocycles. The summed E-state index contributed by atoms with van der Waals surface area (Å²) in [6, 6.07) is 10.9. The summed E-state index contributed by atoms with van der Waals surface area (Å²) in [6.07, 6.45) is 0.799. The quantitative estimate of drug-likeness (QED) is 0.694. The average Bonchev–Trinajstić information content (AvgIpc) is 3.15. The number of aromatic nitrogens is 2. The SMILES string of the molecule is CCOc1ccc(CN2CCN(Cc3cc(C(C)C)n[nH]3)CC2CCO)cc1. The predicted molar refractivity (Wildman–Crippen MR) is 111 cm³/mol. The molecule has 1 aromatic heterocycles. The highest BCUT2D eigenvalue weighted by Gasteiger charge is 2.27. The van der Waals surface area contributed by atoms with Crippen molar-refractivity contribution in [3.63, 3.8) is 0 Å². The first kappa shape index (κ1) is 20.8. The number of ether oxygens (including phenoxy) is 1. The molecule has 0 aliphatic carbocycles. The molecule has 0 radical (unpaired) electrons. The highest BCUT2D eigenvalue weighted by molar-refractivity contribution is 5.27. The van der Waals surface area contributed by atoms with Crippen LogP contribution in [0.1, 0.15) is 50.1 Å². The molecular weight excluding hydrogens is 352 g/mol. The number of hydrogen-bond acceptors (Lipinski definition) is 5. The van der Waals surface area contributed by atoms with Gasteiger partial charge in [-0.05, 0) is 43.0 Å². The number of H-pyrrole nitrogens is 1. The maximum atomic E-state index is 9.56. The molecule has 154 valence electrons. The van der Waals surface area contributed by atoms with E-state index < -0.39 is 0 Å². The molecule has 1 fully saturated rings. The highest BCUT2D eigenvalue weighted by atomic mass is 16.5. The third kappa shape index (κ3) is 5.56. The van der Waals surface area contributed by atoms with Gasteiger partial charge in [-0.3, -0.25) is 14.9 Å². The molecule has 1 atom stereocenters. The van der Waals surface area contributed by atoms with Crippen molar-refractivity contribution in [2.75, 3.05) is 32.8 Å². The van der Waals surface area contributed by atoms with E-state index in [-0.39, 0.29) is 6.61 Å². The standard InChI is InChI=1S/C22H34N4O2/c1-4-28-21-7-5-18(6-8-21)14-26-11-10-25(16-20(26)9-12-27)15-19-13-22(17(2)3)24-23-19/h5-8,13,17,20,27H,4,9-12,14-16H2,1-3H3,(H,23,24). The molecule has 1 aliphatic rings. The molecule has 0 bridgehead atoms. The molecule has 3 rings (SSSR count). The summed E-state index contributed by atoms with van der Waals surface area (Å²) >= 11 is 0. The van der Waals surface area contributed by atoms with Crippen LogP contribution < -0.4 is 4.74 Å². The summed E-state index contributed by atoms with van der Waals surface area (Å²) in [5.74, 6) is 1.36. The van der Waals surface area contributed by atoms with Crippen LogP contribution in [-0.2, 0) is 13.1 Å². The molecule has 1 aliphatic heterocycles. The molecular formula is C22H34N4O2. The predicted octanol–water partition coefficient (Wildman–Crippen LogP) is 3.00. The lowest BCUT2D eigenvalue weighted by Gasteiger charge is -2.41. The van der Waals surface area contributed by atoms with E-state index in [0.29, 0.717) is 18.6 Å². The van der Waals surface area contributed by atoms with E-state index in [1.165, 1.54) is 11.3 Å². The van der Waals surface area contributed by atoms with E-state index >= 15 is 0 Å². The van der Waals surface area contributed by atoms with Crippen molar-refractivity contribution in [1.29, 1.82) is 0 Å². The molecule has 0 spiro atoms. The van der Waals surface area contributed by atoms with E-state index in [4.69, 9.17) is 4.74 Å². The summed E-state index contributed by atoms with van der Waals surface area (Å²) in [5, 5.41) is 17.2. The van der Waals surface area contributed by atoms with Crippen molar-refractivity contribution in [2.24, 2.45) is 0 Å². The second-order valence-electron chi connectivity index (χ2n) is 7.92. The van der Waals surface area contributed by atoms with Gasteiger partial charge in [0.25, 0.3) is 0 Å². The Morgan fingerprint density at radius 1 is 1.21 bits per heavy atom. The van der Waals surface area contributed by atoms with Crippen LogP contribution in [-0.4, -0.2) is 64.0 Å². The Hall–Kier alpha value is -1.89. The molecule has 1 aromatic carbocycles. The van der Waals surface area contributed by atoms with Gasteiger partial charge in [0, 0.05) is 51.1 Å². The molecule has 2 N–H and O–H groups in total. The van der Waals surface area contributed by atoms with Crippen LogP contribution in [0.4, 0.5) is 0 Å². The van der Waals surface area contributed by atoms with Gasteiger partial charge in [0.2, 0.25) is 0 Å². The summed E-state index contributed by atoms with van der Waals surface area (Å²) in [6.45, 7) is 12.0. The van der Waals surface area contributed by atoms with Crippen molar-refractivity contribution in [3.8, 4) is 5.75 Å². The third-order valence-electron chi connectivity index (χ3n) is 5.41. The fraction of sp³-hybridized carbons (Fsp3) is 0.591. The van der Waals surface area contributed by atoms with Gasteiger partial charge in [0.1, 0.15) is 5.75 Å². The Morgan fingerprint density at radius 2 is 2.00 bits per heavy atom. The Balaban J connectivity index is 1.58. The summed E-state index contributed by atoms with van der Waals surface area (Å²) in [5.41, 5.74) is 3.58. The van der Waals surface area contributed by atoms with Gasteiger partial charge in [-0.2, -0.15) is 5.10 Å². The van der Waals surface area contributed by atoms with Crippen LogP contribution in [0.2, 0.25) is 0 Å². The molecule has 28 heavy (non-hydrogen) atoms. The maximum absolute atomic E-state index is 9.56. The smallest absolute Gasteiger partial charge is 0.119 e. The number of nitrogens with one attached hydrogen (secondary N) is 1. The summed E-state index contributed by atoms with van der Waals surface area (Å²) in [7, 11) is 0. The lowest BCUT2D eigenvalue weighted by Crippen LogP contribution is -2.52. The van der Waals surface area contributed by atoms with E-state index in [1.807, 2.05) is 19.1 Å². The zero-order valence-corrected chi connectivity index (χ0v) is 17.4. The van der Waals surface area contributed by atoms with Gasteiger partial charge in [0.15, 0.2) is 0 Å². The zero-order chi connectivity index (χ0) is 19.9. The Kier molecular flexibility index (Phi) is 7.48. The minimum atomic E-state index is 0.222. The minimum Gasteiger partial charge on any atom is -0.494 e. The van der Waals surface area contributed by atoms with E-state index in [2.05, 4.69) is 52.0 Å². The number of aliphatic hydroxyl groups excluding tert-OH is 1. The van der Waals surface area contributed by atoms with Gasteiger partial charge in [-0.25, -0.2) is 0 Å². The number of piperazine rings is 1. The second kappa shape index (κ2) is 10.0. The van der Waals surface area contributed by atoms with Crippen molar-refractivity contribution < 1.29 is 9.84 Å². The van der Waals surface area contributed by atoms with E-state index in [0.717, 1.165) is 50.6 Å². The molecule has 1 saturated heterocycles. The Bertz CT molecular complexity index is 714. The number of nitrogens with zero attached hydrogens (tertiary/aromatic N) is 3.